The summed E-state index contributed by atoms with van der Waals surface area (Å²) < 4.78 is 0. The summed E-state index contributed by atoms with van der Waals surface area (Å²) in [5, 5.41) is 0. The third-order valence-electron chi connectivity index (χ3n) is 7.57. The molecule has 197 valence electrons. The molecule has 8 rings (SSSR count). The van der Waals surface area contributed by atoms with E-state index < -0.39 is 0 Å². The van der Waals surface area contributed by atoms with Gasteiger partial charge in [-0.05, 0) is 65.3 Å². The van der Waals surface area contributed by atoms with E-state index in [1.165, 1.54) is 0 Å². The van der Waals surface area contributed by atoms with Gasteiger partial charge in [0.1, 0.15) is 0 Å². The second-order valence-corrected chi connectivity index (χ2v) is 10.4. The third kappa shape index (κ3) is 4.45. The molecule has 2 aliphatic heterocycles. The lowest BCUT2D eigenvalue weighted by atomic mass is 9.94. The van der Waals surface area contributed by atoms with Crippen molar-refractivity contribution in [2.24, 2.45) is 0 Å². The number of aromatic nitrogens is 4. The minimum atomic E-state index is 0.857. The average Bonchev–Trinajstić information content (AvgIpc) is 3.84. The molecule has 2 N–H and O–H groups in total. The molecular formula is C38H25N4. The van der Waals surface area contributed by atoms with Crippen molar-refractivity contribution in [3.63, 3.8) is 0 Å². The van der Waals surface area contributed by atoms with E-state index in [4.69, 9.17) is 9.97 Å². The molecule has 0 aliphatic carbocycles. The van der Waals surface area contributed by atoms with Crippen LogP contribution in [0.3, 0.4) is 0 Å². The van der Waals surface area contributed by atoms with Gasteiger partial charge in [0, 0.05) is 39.3 Å². The zero-order valence-electron chi connectivity index (χ0n) is 22.7. The van der Waals surface area contributed by atoms with Gasteiger partial charge < -0.3 is 9.97 Å². The minimum Gasteiger partial charge on any atom is -0.355 e. The summed E-state index contributed by atoms with van der Waals surface area (Å²) in [7, 11) is 0. The van der Waals surface area contributed by atoms with Crippen LogP contribution in [0.15, 0.2) is 121 Å². The maximum atomic E-state index is 5.31. The number of H-pyrrole nitrogens is 2. The maximum Gasteiger partial charge on any atom is 0.0815 e. The van der Waals surface area contributed by atoms with Crippen molar-refractivity contribution in [3.05, 3.63) is 156 Å². The molecule has 0 atom stereocenters. The van der Waals surface area contributed by atoms with Crippen molar-refractivity contribution in [1.29, 1.82) is 0 Å². The smallest absolute Gasteiger partial charge is 0.0815 e. The van der Waals surface area contributed by atoms with Crippen LogP contribution in [-0.4, -0.2) is 19.9 Å². The molecule has 0 spiro atoms. The van der Waals surface area contributed by atoms with E-state index in [2.05, 4.69) is 125 Å². The van der Waals surface area contributed by atoms with Crippen LogP contribution >= 0.6 is 0 Å². The number of nitrogens with one attached hydrogen (secondary N) is 2. The summed E-state index contributed by atoms with van der Waals surface area (Å²) in [4.78, 5) is 17.4. The van der Waals surface area contributed by atoms with Crippen molar-refractivity contribution in [2.75, 3.05) is 0 Å². The van der Waals surface area contributed by atoms with Gasteiger partial charge in [0.25, 0.3) is 0 Å². The second-order valence-electron chi connectivity index (χ2n) is 10.4. The number of benzene rings is 3. The Kier molecular flexibility index (Phi) is 5.75. The van der Waals surface area contributed by atoms with Crippen LogP contribution in [0, 0.1) is 6.07 Å². The van der Waals surface area contributed by atoms with Crippen LogP contribution in [0.1, 0.15) is 28.3 Å². The Morgan fingerprint density at radius 2 is 1.12 bits per heavy atom. The number of aromatic amines is 2. The zero-order chi connectivity index (χ0) is 27.9. The monoisotopic (exact) mass is 537 g/mol. The standard InChI is InChI=1S/C38H25N4/c1-4-10-25(11-5-1)34-23-32-21-30-18-16-28(39-30)20-29-17-19-31(40-29)22-33-24-35(26-12-6-2-7-13-26)38(42-33)36(37(34)41-32)27-14-8-3-9-15-27/h1-23,39,42H. The first-order valence-corrected chi connectivity index (χ1v) is 14.0. The van der Waals surface area contributed by atoms with Crippen LogP contribution in [0.25, 0.3) is 68.1 Å². The van der Waals surface area contributed by atoms with E-state index in [9.17, 15) is 0 Å². The number of hydrogen-bond acceptors (Lipinski definition) is 2. The molecule has 0 unspecified atom stereocenters. The number of fused-ring (bicyclic) bond motifs is 8. The van der Waals surface area contributed by atoms with Gasteiger partial charge in [-0.3, -0.25) is 0 Å². The van der Waals surface area contributed by atoms with Crippen LogP contribution in [-0.2, 0) is 0 Å². The van der Waals surface area contributed by atoms with Gasteiger partial charge in [0.15, 0.2) is 0 Å². The maximum absolute atomic E-state index is 5.31. The lowest BCUT2D eigenvalue weighted by Gasteiger charge is -2.11. The summed E-state index contributed by atoms with van der Waals surface area (Å²) >= 11 is 0. The molecule has 0 fully saturated rings. The van der Waals surface area contributed by atoms with Crippen molar-refractivity contribution in [2.45, 2.75) is 0 Å². The summed E-state index contributed by atoms with van der Waals surface area (Å²) in [6, 6.07) is 45.5. The topological polar surface area (TPSA) is 57.4 Å². The van der Waals surface area contributed by atoms with Crippen LogP contribution in [0.2, 0.25) is 0 Å². The summed E-state index contributed by atoms with van der Waals surface area (Å²) in [6.45, 7) is 0. The molecule has 0 amide bonds. The zero-order valence-corrected chi connectivity index (χ0v) is 22.7. The number of hydrogen-bond donors (Lipinski definition) is 2. The van der Waals surface area contributed by atoms with Gasteiger partial charge >= 0.3 is 0 Å². The lowest BCUT2D eigenvalue weighted by Crippen LogP contribution is -1.92. The normalized spacial score (nSPS) is 12.3. The van der Waals surface area contributed by atoms with E-state index in [0.717, 1.165) is 78.2 Å². The summed E-state index contributed by atoms with van der Waals surface area (Å²) in [6.07, 6.45) is 6.26. The Labute approximate surface area is 243 Å². The molecule has 2 aliphatic rings. The van der Waals surface area contributed by atoms with Crippen molar-refractivity contribution in [3.8, 4) is 22.3 Å². The first-order chi connectivity index (χ1) is 20.8. The highest BCUT2D eigenvalue weighted by Gasteiger charge is 2.21. The first-order valence-electron chi connectivity index (χ1n) is 14.0. The molecule has 42 heavy (non-hydrogen) atoms. The molecule has 4 heteroatoms. The summed E-state index contributed by atoms with van der Waals surface area (Å²) in [5.41, 5.74) is 13.7. The molecule has 6 aromatic rings. The Morgan fingerprint density at radius 3 is 1.81 bits per heavy atom. The fraction of sp³-hybridized carbons (Fsp3) is 0. The molecular weight excluding hydrogens is 512 g/mol. The second kappa shape index (κ2) is 10.0. The highest BCUT2D eigenvalue weighted by molar-refractivity contribution is 6.04. The third-order valence-corrected chi connectivity index (χ3v) is 7.57. The van der Waals surface area contributed by atoms with Crippen LogP contribution in [0.4, 0.5) is 0 Å². The van der Waals surface area contributed by atoms with Crippen LogP contribution in [0.5, 0.6) is 0 Å². The molecule has 5 heterocycles. The van der Waals surface area contributed by atoms with E-state index in [0.29, 0.717) is 0 Å². The van der Waals surface area contributed by atoms with Crippen molar-refractivity contribution < 1.29 is 0 Å². The molecule has 8 bridgehead atoms. The molecule has 0 saturated heterocycles. The molecule has 0 saturated carbocycles. The largest absolute Gasteiger partial charge is 0.355 e. The van der Waals surface area contributed by atoms with E-state index >= 15 is 0 Å². The van der Waals surface area contributed by atoms with Gasteiger partial charge in [-0.25, -0.2) is 9.97 Å². The van der Waals surface area contributed by atoms with Gasteiger partial charge in [0.05, 0.1) is 28.3 Å². The average molecular weight is 538 g/mol. The van der Waals surface area contributed by atoms with Crippen LogP contribution < -0.4 is 0 Å². The van der Waals surface area contributed by atoms with E-state index in [1.807, 2.05) is 30.4 Å². The Hall–Kier alpha value is -5.74. The van der Waals surface area contributed by atoms with Crippen molar-refractivity contribution >= 4 is 45.9 Å². The molecule has 3 aromatic carbocycles. The predicted octanol–water partition coefficient (Wildman–Crippen LogP) is 9.21. The Morgan fingerprint density at radius 1 is 0.524 bits per heavy atom. The fourth-order valence-electron chi connectivity index (χ4n) is 5.67. The number of nitrogens with zero attached hydrogens (tertiary/aromatic N) is 2. The molecule has 4 nitrogen and oxygen atoms in total. The quantitative estimate of drug-likeness (QED) is 0.236. The Balaban J connectivity index is 1.57. The Bertz CT molecular complexity index is 2170. The van der Waals surface area contributed by atoms with Gasteiger partial charge in [-0.1, -0.05) is 91.0 Å². The predicted molar refractivity (Wildman–Crippen MR) is 173 cm³/mol. The van der Waals surface area contributed by atoms with Gasteiger partial charge in [-0.2, -0.15) is 0 Å². The van der Waals surface area contributed by atoms with Crippen molar-refractivity contribution in [1.82, 2.24) is 19.9 Å². The van der Waals surface area contributed by atoms with E-state index in [-0.39, 0.29) is 0 Å². The van der Waals surface area contributed by atoms with E-state index in [1.54, 1.807) is 0 Å². The van der Waals surface area contributed by atoms with Gasteiger partial charge in [-0.15, -0.1) is 0 Å². The highest BCUT2D eigenvalue weighted by atomic mass is 14.8. The SMILES string of the molecule is [c]1c(-c2ccccc2)c2[nH]c1cc1nc(cc3ccc(cc4nc(c2-c2ccccc2)C(c2ccccc2)=C4)[nH]3)C=C1. The lowest BCUT2D eigenvalue weighted by molar-refractivity contribution is 1.30. The molecule has 1 radical (unpaired) electrons. The fourth-order valence-corrected chi connectivity index (χ4v) is 5.67. The highest BCUT2D eigenvalue weighted by Crippen LogP contribution is 2.40. The van der Waals surface area contributed by atoms with Gasteiger partial charge in [0.2, 0.25) is 0 Å². The first kappa shape index (κ1) is 24.1. The minimum absolute atomic E-state index is 0.857. The number of rotatable bonds is 3. The summed E-state index contributed by atoms with van der Waals surface area (Å²) in [5.74, 6) is 0. The molecule has 3 aromatic heterocycles.